The van der Waals surface area contributed by atoms with E-state index in [1.165, 1.54) is 12.8 Å². The van der Waals surface area contributed by atoms with Crippen LogP contribution in [0.5, 0.6) is 0 Å². The SMILES string of the molecule is CNC(=O)Nc1csc(N2CCCC2)n1. The van der Waals surface area contributed by atoms with Gasteiger partial charge in [0, 0.05) is 25.5 Å². The predicted molar refractivity (Wildman–Crippen MR) is 61.6 cm³/mol. The van der Waals surface area contributed by atoms with Crippen LogP contribution in [0.4, 0.5) is 15.7 Å². The van der Waals surface area contributed by atoms with Gasteiger partial charge in [0.05, 0.1) is 0 Å². The molecular formula is C9H14N4OS. The molecule has 2 amide bonds. The van der Waals surface area contributed by atoms with Crippen molar-refractivity contribution < 1.29 is 4.79 Å². The molecule has 2 rings (SSSR count). The molecule has 1 aromatic rings. The van der Waals surface area contributed by atoms with Gasteiger partial charge in [-0.3, -0.25) is 5.32 Å². The lowest BCUT2D eigenvalue weighted by Gasteiger charge is -2.12. The third-order valence-corrected chi connectivity index (χ3v) is 3.24. The maximum absolute atomic E-state index is 11.0. The minimum Gasteiger partial charge on any atom is -0.348 e. The molecule has 0 spiro atoms. The summed E-state index contributed by atoms with van der Waals surface area (Å²) in [6.07, 6.45) is 2.47. The van der Waals surface area contributed by atoms with Crippen molar-refractivity contribution in [2.75, 3.05) is 30.4 Å². The third kappa shape index (κ3) is 2.38. The molecule has 1 aliphatic rings. The Morgan fingerprint density at radius 1 is 1.53 bits per heavy atom. The highest BCUT2D eigenvalue weighted by Crippen LogP contribution is 2.26. The lowest BCUT2D eigenvalue weighted by atomic mass is 10.4. The van der Waals surface area contributed by atoms with E-state index in [4.69, 9.17) is 0 Å². The van der Waals surface area contributed by atoms with E-state index in [0.29, 0.717) is 5.82 Å². The van der Waals surface area contributed by atoms with Crippen LogP contribution in [-0.2, 0) is 0 Å². The standard InChI is InChI=1S/C9H14N4OS/c1-10-8(14)11-7-6-15-9(12-7)13-4-2-3-5-13/h6H,2-5H2,1H3,(H2,10,11,14). The van der Waals surface area contributed by atoms with Gasteiger partial charge >= 0.3 is 6.03 Å². The van der Waals surface area contributed by atoms with Crippen molar-refractivity contribution in [3.63, 3.8) is 0 Å². The largest absolute Gasteiger partial charge is 0.348 e. The van der Waals surface area contributed by atoms with Gasteiger partial charge in [-0.2, -0.15) is 0 Å². The Hall–Kier alpha value is -1.30. The van der Waals surface area contributed by atoms with E-state index in [2.05, 4.69) is 20.5 Å². The van der Waals surface area contributed by atoms with E-state index in [9.17, 15) is 4.79 Å². The molecule has 5 nitrogen and oxygen atoms in total. The molecule has 0 aliphatic carbocycles. The van der Waals surface area contributed by atoms with E-state index in [-0.39, 0.29) is 6.03 Å². The Morgan fingerprint density at radius 2 is 2.27 bits per heavy atom. The quantitative estimate of drug-likeness (QED) is 0.803. The molecule has 0 radical (unpaired) electrons. The highest BCUT2D eigenvalue weighted by Gasteiger charge is 2.15. The molecule has 0 aromatic carbocycles. The predicted octanol–water partition coefficient (Wildman–Crippen LogP) is 1.49. The van der Waals surface area contributed by atoms with E-state index in [1.54, 1.807) is 18.4 Å². The number of nitrogens with zero attached hydrogens (tertiary/aromatic N) is 2. The molecule has 1 fully saturated rings. The van der Waals surface area contributed by atoms with Gasteiger partial charge in [0.15, 0.2) is 5.13 Å². The summed E-state index contributed by atoms with van der Waals surface area (Å²) < 4.78 is 0. The molecule has 1 aromatic heterocycles. The van der Waals surface area contributed by atoms with Gasteiger partial charge in [0.25, 0.3) is 0 Å². The summed E-state index contributed by atoms with van der Waals surface area (Å²) in [5.74, 6) is 0.626. The molecule has 82 valence electrons. The first-order chi connectivity index (χ1) is 7.29. The van der Waals surface area contributed by atoms with Gasteiger partial charge in [-0.1, -0.05) is 0 Å². The van der Waals surface area contributed by atoms with Gasteiger partial charge < -0.3 is 10.2 Å². The molecule has 0 bridgehead atoms. The monoisotopic (exact) mass is 226 g/mol. The summed E-state index contributed by atoms with van der Waals surface area (Å²) in [7, 11) is 1.59. The molecule has 0 atom stereocenters. The normalized spacial score (nSPS) is 15.4. The summed E-state index contributed by atoms with van der Waals surface area (Å²) in [6, 6.07) is -0.228. The Kier molecular flexibility index (Phi) is 3.05. The number of aromatic nitrogens is 1. The number of anilines is 2. The van der Waals surface area contributed by atoms with Crippen molar-refractivity contribution >= 4 is 28.3 Å². The fourth-order valence-electron chi connectivity index (χ4n) is 1.55. The zero-order chi connectivity index (χ0) is 10.7. The molecule has 2 heterocycles. The molecule has 0 unspecified atom stereocenters. The number of thiazole rings is 1. The van der Waals surface area contributed by atoms with Crippen LogP contribution in [0.3, 0.4) is 0 Å². The van der Waals surface area contributed by atoms with Crippen LogP contribution in [-0.4, -0.2) is 31.2 Å². The summed E-state index contributed by atoms with van der Waals surface area (Å²) in [4.78, 5) is 17.6. The van der Waals surface area contributed by atoms with Crippen molar-refractivity contribution in [3.05, 3.63) is 5.38 Å². The summed E-state index contributed by atoms with van der Waals surface area (Å²) in [5, 5.41) is 8.01. The topological polar surface area (TPSA) is 57.3 Å². The van der Waals surface area contributed by atoms with Crippen molar-refractivity contribution in [1.29, 1.82) is 0 Å². The van der Waals surface area contributed by atoms with Crippen molar-refractivity contribution in [2.24, 2.45) is 0 Å². The van der Waals surface area contributed by atoms with Crippen molar-refractivity contribution in [1.82, 2.24) is 10.3 Å². The third-order valence-electron chi connectivity index (χ3n) is 2.34. The number of hydrogen-bond donors (Lipinski definition) is 2. The number of hydrogen-bond acceptors (Lipinski definition) is 4. The first kappa shape index (κ1) is 10.2. The second-order valence-corrected chi connectivity index (χ2v) is 4.25. The van der Waals surface area contributed by atoms with E-state index >= 15 is 0 Å². The fraction of sp³-hybridized carbons (Fsp3) is 0.556. The van der Waals surface area contributed by atoms with Gasteiger partial charge in [0.2, 0.25) is 0 Å². The molecule has 2 N–H and O–H groups in total. The number of rotatable bonds is 2. The molecule has 1 aliphatic heterocycles. The smallest absolute Gasteiger partial charge is 0.320 e. The van der Waals surface area contributed by atoms with Gasteiger partial charge in [0.1, 0.15) is 5.82 Å². The van der Waals surface area contributed by atoms with E-state index < -0.39 is 0 Å². The number of carbonyl (C=O) groups is 1. The van der Waals surface area contributed by atoms with Crippen LogP contribution in [0.15, 0.2) is 5.38 Å². The molecule has 1 saturated heterocycles. The Balaban J connectivity index is 2.00. The Bertz CT molecular complexity index is 346. The number of urea groups is 1. The minimum atomic E-state index is -0.228. The van der Waals surface area contributed by atoms with Crippen LogP contribution in [0, 0.1) is 0 Å². The maximum atomic E-state index is 11.0. The Morgan fingerprint density at radius 3 is 2.93 bits per heavy atom. The zero-order valence-electron chi connectivity index (χ0n) is 8.62. The number of carbonyl (C=O) groups excluding carboxylic acids is 1. The highest BCUT2D eigenvalue weighted by molar-refractivity contribution is 7.14. The first-order valence-corrected chi connectivity index (χ1v) is 5.87. The molecule has 0 saturated carbocycles. The van der Waals surface area contributed by atoms with Crippen LogP contribution in [0.1, 0.15) is 12.8 Å². The number of nitrogens with one attached hydrogen (secondary N) is 2. The summed E-state index contributed by atoms with van der Waals surface area (Å²) in [6.45, 7) is 2.15. The van der Waals surface area contributed by atoms with Crippen molar-refractivity contribution in [2.45, 2.75) is 12.8 Å². The van der Waals surface area contributed by atoms with Crippen LogP contribution < -0.4 is 15.5 Å². The van der Waals surface area contributed by atoms with Crippen LogP contribution in [0.2, 0.25) is 0 Å². The molecule has 6 heteroatoms. The summed E-state index contributed by atoms with van der Waals surface area (Å²) in [5.41, 5.74) is 0. The molecular weight excluding hydrogens is 212 g/mol. The summed E-state index contributed by atoms with van der Waals surface area (Å²) >= 11 is 1.57. The van der Waals surface area contributed by atoms with Gasteiger partial charge in [-0.15, -0.1) is 11.3 Å². The fourth-order valence-corrected chi connectivity index (χ4v) is 2.37. The first-order valence-electron chi connectivity index (χ1n) is 4.99. The average Bonchev–Trinajstić information content (AvgIpc) is 2.85. The lowest BCUT2D eigenvalue weighted by Crippen LogP contribution is -2.24. The highest BCUT2D eigenvalue weighted by atomic mass is 32.1. The maximum Gasteiger partial charge on any atom is 0.320 e. The number of amides is 2. The average molecular weight is 226 g/mol. The Labute approximate surface area is 92.5 Å². The van der Waals surface area contributed by atoms with Crippen LogP contribution in [0.25, 0.3) is 0 Å². The molecule has 15 heavy (non-hydrogen) atoms. The second-order valence-electron chi connectivity index (χ2n) is 3.41. The lowest BCUT2D eigenvalue weighted by molar-refractivity contribution is 0.254. The second kappa shape index (κ2) is 4.48. The van der Waals surface area contributed by atoms with Gasteiger partial charge in [-0.25, -0.2) is 9.78 Å². The van der Waals surface area contributed by atoms with Gasteiger partial charge in [-0.05, 0) is 12.8 Å². The zero-order valence-corrected chi connectivity index (χ0v) is 9.43. The van der Waals surface area contributed by atoms with E-state index in [1.807, 2.05) is 5.38 Å². The van der Waals surface area contributed by atoms with Crippen molar-refractivity contribution in [3.8, 4) is 0 Å². The van der Waals surface area contributed by atoms with Crippen LogP contribution >= 0.6 is 11.3 Å². The minimum absolute atomic E-state index is 0.228. The van der Waals surface area contributed by atoms with E-state index in [0.717, 1.165) is 18.2 Å².